The van der Waals surface area contributed by atoms with E-state index in [2.05, 4.69) is 4.98 Å². The summed E-state index contributed by atoms with van der Waals surface area (Å²) in [5.41, 5.74) is 4.22. The van der Waals surface area contributed by atoms with Gasteiger partial charge in [0, 0.05) is 38.3 Å². The maximum atomic E-state index is 11.7. The van der Waals surface area contributed by atoms with Crippen LogP contribution in [0.25, 0.3) is 0 Å². The summed E-state index contributed by atoms with van der Waals surface area (Å²) in [7, 11) is 0. The number of H-pyrrole nitrogens is 1. The zero-order chi connectivity index (χ0) is 14.0. The van der Waals surface area contributed by atoms with Gasteiger partial charge in [-0.3, -0.25) is 19.1 Å². The highest BCUT2D eigenvalue weighted by atomic mass is 16.3. The Kier molecular flexibility index (Phi) is 3.82. The number of likely N-dealkylation sites (tertiary alicyclic amines) is 1. The van der Waals surface area contributed by atoms with Gasteiger partial charge in [0.15, 0.2) is 0 Å². The summed E-state index contributed by atoms with van der Waals surface area (Å²) >= 11 is 0. The summed E-state index contributed by atoms with van der Waals surface area (Å²) in [5.74, 6) is -0.151. The molecule has 0 aliphatic carbocycles. The number of aliphatic hydroxyl groups is 1. The molecule has 104 valence electrons. The molecule has 19 heavy (non-hydrogen) atoms. The molecule has 1 aliphatic heterocycles. The highest BCUT2D eigenvalue weighted by molar-refractivity contribution is 5.76. The van der Waals surface area contributed by atoms with Crippen molar-refractivity contribution in [3.63, 3.8) is 0 Å². The number of carbonyl (C=O) groups excluding carboxylic acids is 1. The molecule has 0 bridgehead atoms. The maximum Gasteiger partial charge on any atom is 0.328 e. The first kappa shape index (κ1) is 13.5. The van der Waals surface area contributed by atoms with Crippen LogP contribution in [0.5, 0.6) is 0 Å². The lowest BCUT2D eigenvalue weighted by molar-refractivity contribution is -0.130. The first-order chi connectivity index (χ1) is 9.02. The number of aromatic amines is 1. The minimum absolute atomic E-state index is 0.151. The third kappa shape index (κ3) is 2.74. The molecule has 2 atom stereocenters. The fraction of sp³-hybridized carbons (Fsp3) is 0.545. The molecule has 8 heteroatoms. The Bertz CT molecular complexity index is 579. The molecule has 0 unspecified atom stereocenters. The van der Waals surface area contributed by atoms with Gasteiger partial charge in [0.05, 0.1) is 12.1 Å². The van der Waals surface area contributed by atoms with Gasteiger partial charge < -0.3 is 15.7 Å². The number of β-amino-alcohol motifs (C(OH)–C–C–N with tert-alkyl or cyclic N) is 1. The fourth-order valence-corrected chi connectivity index (χ4v) is 2.22. The third-order valence-electron chi connectivity index (χ3n) is 3.18. The van der Waals surface area contributed by atoms with E-state index in [0.29, 0.717) is 0 Å². The van der Waals surface area contributed by atoms with E-state index < -0.39 is 23.4 Å². The lowest BCUT2D eigenvalue weighted by Gasteiger charge is -2.16. The summed E-state index contributed by atoms with van der Waals surface area (Å²) < 4.78 is 1.24. The second-order valence-electron chi connectivity index (χ2n) is 4.49. The average molecular weight is 268 g/mol. The van der Waals surface area contributed by atoms with Crippen LogP contribution in [0.3, 0.4) is 0 Å². The first-order valence-electron chi connectivity index (χ1n) is 6.00. The summed E-state index contributed by atoms with van der Waals surface area (Å²) in [4.78, 5) is 37.9. The van der Waals surface area contributed by atoms with Crippen LogP contribution in [0.1, 0.15) is 12.5 Å². The van der Waals surface area contributed by atoms with Gasteiger partial charge in [0.25, 0.3) is 5.56 Å². The number of rotatable bonds is 3. The van der Waals surface area contributed by atoms with Crippen molar-refractivity contribution in [3.8, 4) is 0 Å². The molecular weight excluding hydrogens is 252 g/mol. The van der Waals surface area contributed by atoms with Crippen LogP contribution in [0.2, 0.25) is 0 Å². The van der Waals surface area contributed by atoms with Crippen LogP contribution in [0.15, 0.2) is 21.9 Å². The van der Waals surface area contributed by atoms with E-state index in [4.69, 9.17) is 5.73 Å². The first-order valence-corrected chi connectivity index (χ1v) is 6.00. The largest absolute Gasteiger partial charge is 0.389 e. The molecule has 0 radical (unpaired) electrons. The third-order valence-corrected chi connectivity index (χ3v) is 3.18. The predicted molar refractivity (Wildman–Crippen MR) is 66.6 cm³/mol. The summed E-state index contributed by atoms with van der Waals surface area (Å²) in [6.07, 6.45) is 0.691. The van der Waals surface area contributed by atoms with Crippen molar-refractivity contribution in [2.24, 2.45) is 5.73 Å². The average Bonchev–Trinajstić information content (AvgIpc) is 2.72. The Labute approximate surface area is 108 Å². The number of nitrogens with zero attached hydrogens (tertiary/aromatic N) is 2. The second-order valence-corrected chi connectivity index (χ2v) is 4.49. The van der Waals surface area contributed by atoms with Crippen LogP contribution in [-0.4, -0.2) is 51.2 Å². The van der Waals surface area contributed by atoms with Crippen molar-refractivity contribution in [1.82, 2.24) is 14.5 Å². The monoisotopic (exact) mass is 268 g/mol. The molecule has 1 fully saturated rings. The van der Waals surface area contributed by atoms with E-state index in [1.807, 2.05) is 0 Å². The van der Waals surface area contributed by atoms with Gasteiger partial charge in [-0.1, -0.05) is 0 Å². The van der Waals surface area contributed by atoms with Crippen LogP contribution in [0, 0.1) is 0 Å². The molecule has 1 aromatic heterocycles. The molecule has 1 aliphatic rings. The van der Waals surface area contributed by atoms with Gasteiger partial charge in [0.1, 0.15) is 0 Å². The van der Waals surface area contributed by atoms with Crippen LogP contribution >= 0.6 is 0 Å². The smallest absolute Gasteiger partial charge is 0.328 e. The van der Waals surface area contributed by atoms with Gasteiger partial charge in [-0.05, 0) is 0 Å². The van der Waals surface area contributed by atoms with Gasteiger partial charge >= 0.3 is 5.69 Å². The van der Waals surface area contributed by atoms with Crippen LogP contribution in [-0.2, 0) is 4.79 Å². The Morgan fingerprint density at radius 1 is 1.47 bits per heavy atom. The van der Waals surface area contributed by atoms with Crippen molar-refractivity contribution in [3.05, 3.63) is 33.1 Å². The number of aromatic nitrogens is 2. The van der Waals surface area contributed by atoms with Crippen LogP contribution in [0.4, 0.5) is 0 Å². The molecule has 4 N–H and O–H groups in total. The predicted octanol–water partition coefficient (Wildman–Crippen LogP) is -2.37. The van der Waals surface area contributed by atoms with E-state index >= 15 is 0 Å². The summed E-state index contributed by atoms with van der Waals surface area (Å²) in [6, 6.07) is 0.657. The summed E-state index contributed by atoms with van der Waals surface area (Å²) in [5, 5.41) is 9.95. The minimum atomic E-state index is -0.842. The Morgan fingerprint density at radius 3 is 2.84 bits per heavy atom. The number of hydrogen-bond acceptors (Lipinski definition) is 5. The number of carbonyl (C=O) groups is 1. The zero-order valence-electron chi connectivity index (χ0n) is 10.3. The lowest BCUT2D eigenvalue weighted by atomic mass is 10.2. The minimum Gasteiger partial charge on any atom is -0.389 e. The highest BCUT2D eigenvalue weighted by Crippen LogP contribution is 2.20. The van der Waals surface area contributed by atoms with E-state index in [9.17, 15) is 19.5 Å². The molecular formula is C11H16N4O4. The lowest BCUT2D eigenvalue weighted by Crippen LogP contribution is -2.36. The fourth-order valence-electron chi connectivity index (χ4n) is 2.22. The van der Waals surface area contributed by atoms with Crippen molar-refractivity contribution >= 4 is 5.91 Å². The molecule has 0 saturated carbocycles. The van der Waals surface area contributed by atoms with Gasteiger partial charge in [-0.2, -0.15) is 0 Å². The summed E-state index contributed by atoms with van der Waals surface area (Å²) in [6.45, 7) is 0.635. The Hall–Kier alpha value is -1.93. The van der Waals surface area contributed by atoms with Crippen molar-refractivity contribution in [1.29, 1.82) is 0 Å². The van der Waals surface area contributed by atoms with Crippen molar-refractivity contribution in [2.75, 3.05) is 19.6 Å². The van der Waals surface area contributed by atoms with Crippen LogP contribution < -0.4 is 17.0 Å². The molecule has 1 amide bonds. The number of hydrogen-bond donors (Lipinski definition) is 3. The topological polar surface area (TPSA) is 121 Å². The molecule has 1 aromatic rings. The van der Waals surface area contributed by atoms with Crippen molar-refractivity contribution in [2.45, 2.75) is 18.6 Å². The van der Waals surface area contributed by atoms with Gasteiger partial charge in [-0.15, -0.1) is 0 Å². The number of amides is 1. The van der Waals surface area contributed by atoms with E-state index in [1.165, 1.54) is 21.7 Å². The number of nitrogens with one attached hydrogen (secondary N) is 1. The SMILES string of the molecule is NCCC(=O)N1C[C@@H](O)[C@H](n2ccc(=O)[nH]c2=O)C1. The Balaban J connectivity index is 2.20. The molecule has 2 rings (SSSR count). The van der Waals surface area contributed by atoms with E-state index in [0.717, 1.165) is 0 Å². The van der Waals surface area contributed by atoms with E-state index in [-0.39, 0.29) is 32.0 Å². The number of nitrogens with two attached hydrogens (primary N) is 1. The molecule has 2 heterocycles. The standard InChI is InChI=1S/C11H16N4O4/c12-3-1-10(18)14-5-7(8(16)6-14)15-4-2-9(17)13-11(15)19/h2,4,7-8,16H,1,3,5-6,12H2,(H,13,17,19)/t7-,8-/m1/s1. The van der Waals surface area contributed by atoms with Crippen molar-refractivity contribution < 1.29 is 9.90 Å². The normalized spacial score (nSPS) is 22.7. The zero-order valence-corrected chi connectivity index (χ0v) is 10.3. The molecule has 8 nitrogen and oxygen atoms in total. The van der Waals surface area contributed by atoms with Gasteiger partial charge in [-0.25, -0.2) is 4.79 Å². The molecule has 1 saturated heterocycles. The van der Waals surface area contributed by atoms with E-state index in [1.54, 1.807) is 0 Å². The number of aliphatic hydroxyl groups excluding tert-OH is 1. The maximum absolute atomic E-state index is 11.7. The molecule has 0 aromatic carbocycles. The Morgan fingerprint density at radius 2 is 2.21 bits per heavy atom. The van der Waals surface area contributed by atoms with Gasteiger partial charge in [0.2, 0.25) is 5.91 Å². The second kappa shape index (κ2) is 5.37. The molecule has 0 spiro atoms. The quantitative estimate of drug-likeness (QED) is 0.565. The highest BCUT2D eigenvalue weighted by Gasteiger charge is 2.35.